The minimum atomic E-state index is -0.506. The predicted molar refractivity (Wildman–Crippen MR) is 88.6 cm³/mol. The quantitative estimate of drug-likeness (QED) is 0.651. The third-order valence-corrected chi connectivity index (χ3v) is 3.66. The Hall–Kier alpha value is -1.66. The largest absolute Gasteiger partial charge is 0.496 e. The first-order valence-electron chi connectivity index (χ1n) is 7.85. The van der Waals surface area contributed by atoms with Gasteiger partial charge in [0.25, 0.3) is 5.91 Å². The van der Waals surface area contributed by atoms with E-state index in [1.807, 2.05) is 20.8 Å². The van der Waals surface area contributed by atoms with Gasteiger partial charge in [0.05, 0.1) is 32.6 Å². The molecule has 0 radical (unpaired) electrons. The molecule has 1 aromatic heterocycles. The van der Waals surface area contributed by atoms with Gasteiger partial charge in [-0.1, -0.05) is 0 Å². The highest BCUT2D eigenvalue weighted by Crippen LogP contribution is 2.24. The molecular weight excluding hydrogens is 296 g/mol. The molecule has 0 aliphatic rings. The lowest BCUT2D eigenvalue weighted by atomic mass is 10.1. The van der Waals surface area contributed by atoms with Gasteiger partial charge >= 0.3 is 0 Å². The number of hydrogen-bond acceptors (Lipinski definition) is 5. The van der Waals surface area contributed by atoms with Crippen LogP contribution in [-0.2, 0) is 20.8 Å². The molecule has 0 saturated heterocycles. The van der Waals surface area contributed by atoms with Crippen molar-refractivity contribution in [1.29, 1.82) is 0 Å². The van der Waals surface area contributed by atoms with Crippen LogP contribution in [0.5, 0.6) is 5.75 Å². The Morgan fingerprint density at radius 3 is 2.65 bits per heavy atom. The zero-order valence-electron chi connectivity index (χ0n) is 15.0. The van der Waals surface area contributed by atoms with Gasteiger partial charge in [0.2, 0.25) is 0 Å². The Labute approximate surface area is 138 Å². The van der Waals surface area contributed by atoms with Crippen molar-refractivity contribution in [3.05, 3.63) is 23.0 Å². The summed E-state index contributed by atoms with van der Waals surface area (Å²) in [4.78, 5) is 18.4. The van der Waals surface area contributed by atoms with Crippen molar-refractivity contribution < 1.29 is 19.0 Å². The lowest BCUT2D eigenvalue weighted by molar-refractivity contribution is -0.142. The fourth-order valence-electron chi connectivity index (χ4n) is 2.34. The minimum absolute atomic E-state index is 0.0813. The van der Waals surface area contributed by atoms with Crippen molar-refractivity contribution in [3.63, 3.8) is 0 Å². The van der Waals surface area contributed by atoms with E-state index in [-0.39, 0.29) is 5.91 Å². The molecule has 0 aliphatic carbocycles. The van der Waals surface area contributed by atoms with Crippen LogP contribution in [0, 0.1) is 13.8 Å². The van der Waals surface area contributed by atoms with Crippen molar-refractivity contribution in [3.8, 4) is 5.75 Å². The third-order valence-electron chi connectivity index (χ3n) is 3.66. The second-order valence-corrected chi connectivity index (χ2v) is 5.45. The van der Waals surface area contributed by atoms with Gasteiger partial charge in [0.15, 0.2) is 0 Å². The highest BCUT2D eigenvalue weighted by molar-refractivity contribution is 5.80. The van der Waals surface area contributed by atoms with Gasteiger partial charge in [-0.05, 0) is 27.7 Å². The van der Waals surface area contributed by atoms with Gasteiger partial charge in [-0.3, -0.25) is 9.78 Å². The standard InChI is InChI=1S/C17H28N2O4/c1-7-22-8-9-23-14(4)17(20)19(5)11-15-13(3)16(21-6)12(2)10-18-15/h10,14H,7-9,11H2,1-6H3/t14-/m1/s1. The molecular formula is C17H28N2O4. The van der Waals surface area contributed by atoms with E-state index in [9.17, 15) is 4.79 Å². The maximum absolute atomic E-state index is 12.3. The highest BCUT2D eigenvalue weighted by Gasteiger charge is 2.20. The SMILES string of the molecule is CCOCCO[C@H](C)C(=O)N(C)Cc1ncc(C)c(OC)c1C. The Kier molecular flexibility index (Phi) is 7.98. The molecule has 1 rings (SSSR count). The van der Waals surface area contributed by atoms with E-state index in [2.05, 4.69) is 4.98 Å². The van der Waals surface area contributed by atoms with Gasteiger partial charge < -0.3 is 19.1 Å². The van der Waals surface area contributed by atoms with Crippen LogP contribution in [0.3, 0.4) is 0 Å². The molecule has 0 unspecified atom stereocenters. The number of nitrogens with zero attached hydrogens (tertiary/aromatic N) is 2. The van der Waals surface area contributed by atoms with Gasteiger partial charge in [-0.25, -0.2) is 0 Å². The number of amides is 1. The zero-order valence-corrected chi connectivity index (χ0v) is 15.0. The molecule has 0 spiro atoms. The smallest absolute Gasteiger partial charge is 0.251 e. The van der Waals surface area contributed by atoms with Crippen molar-refractivity contribution in [2.24, 2.45) is 0 Å². The van der Waals surface area contributed by atoms with Crippen LogP contribution in [0.15, 0.2) is 6.20 Å². The number of pyridine rings is 1. The monoisotopic (exact) mass is 324 g/mol. The van der Waals surface area contributed by atoms with Crippen LogP contribution in [-0.4, -0.2) is 55.9 Å². The molecule has 0 fully saturated rings. The van der Waals surface area contributed by atoms with Crippen LogP contribution < -0.4 is 4.74 Å². The molecule has 0 N–H and O–H groups in total. The Morgan fingerprint density at radius 2 is 2.04 bits per heavy atom. The first-order chi connectivity index (χ1) is 10.9. The van der Waals surface area contributed by atoms with E-state index >= 15 is 0 Å². The van der Waals surface area contributed by atoms with Crippen LogP contribution in [0.25, 0.3) is 0 Å². The number of hydrogen-bond donors (Lipinski definition) is 0. The van der Waals surface area contributed by atoms with Crippen molar-refractivity contribution >= 4 is 5.91 Å². The first kappa shape index (κ1) is 19.4. The van der Waals surface area contributed by atoms with Gasteiger partial charge in [0, 0.05) is 31.0 Å². The van der Waals surface area contributed by atoms with E-state index < -0.39 is 6.10 Å². The molecule has 0 aliphatic heterocycles. The maximum Gasteiger partial charge on any atom is 0.251 e. The second kappa shape index (κ2) is 9.47. The number of aromatic nitrogens is 1. The lowest BCUT2D eigenvalue weighted by Crippen LogP contribution is -2.36. The Bertz CT molecular complexity index is 520. The fraction of sp³-hybridized carbons (Fsp3) is 0.647. The summed E-state index contributed by atoms with van der Waals surface area (Å²) in [6, 6.07) is 0. The van der Waals surface area contributed by atoms with Crippen LogP contribution in [0.1, 0.15) is 30.7 Å². The fourth-order valence-corrected chi connectivity index (χ4v) is 2.34. The summed E-state index contributed by atoms with van der Waals surface area (Å²) in [6.07, 6.45) is 1.26. The number of ether oxygens (including phenoxy) is 3. The van der Waals surface area contributed by atoms with Crippen LogP contribution >= 0.6 is 0 Å². The summed E-state index contributed by atoms with van der Waals surface area (Å²) in [5.41, 5.74) is 2.76. The van der Waals surface area contributed by atoms with E-state index in [1.54, 1.807) is 32.2 Å². The molecule has 1 heterocycles. The number of rotatable bonds is 9. The molecule has 6 nitrogen and oxygen atoms in total. The number of likely N-dealkylation sites (N-methyl/N-ethyl adjacent to an activating group) is 1. The van der Waals surface area contributed by atoms with Crippen molar-refractivity contribution in [2.45, 2.75) is 40.3 Å². The molecule has 1 aromatic rings. The zero-order chi connectivity index (χ0) is 17.4. The van der Waals surface area contributed by atoms with E-state index in [0.717, 1.165) is 22.6 Å². The average molecular weight is 324 g/mol. The van der Waals surface area contributed by atoms with E-state index in [1.165, 1.54) is 0 Å². The van der Waals surface area contributed by atoms with Crippen LogP contribution in [0.2, 0.25) is 0 Å². The highest BCUT2D eigenvalue weighted by atomic mass is 16.5. The maximum atomic E-state index is 12.3. The molecule has 130 valence electrons. The number of methoxy groups -OCH3 is 1. The number of carbonyl (C=O) groups is 1. The lowest BCUT2D eigenvalue weighted by Gasteiger charge is -2.22. The van der Waals surface area contributed by atoms with E-state index in [0.29, 0.717) is 26.4 Å². The average Bonchev–Trinajstić information content (AvgIpc) is 2.53. The van der Waals surface area contributed by atoms with E-state index in [4.69, 9.17) is 14.2 Å². The van der Waals surface area contributed by atoms with Gasteiger partial charge in [-0.2, -0.15) is 0 Å². The molecule has 0 bridgehead atoms. The Balaban J connectivity index is 2.64. The number of aryl methyl sites for hydroxylation is 1. The summed E-state index contributed by atoms with van der Waals surface area (Å²) in [6.45, 7) is 9.54. The summed E-state index contributed by atoms with van der Waals surface area (Å²) >= 11 is 0. The summed E-state index contributed by atoms with van der Waals surface area (Å²) in [7, 11) is 3.39. The molecule has 0 saturated carbocycles. The topological polar surface area (TPSA) is 60.9 Å². The third kappa shape index (κ3) is 5.48. The molecule has 1 amide bonds. The van der Waals surface area contributed by atoms with Crippen LogP contribution in [0.4, 0.5) is 0 Å². The predicted octanol–water partition coefficient (Wildman–Crippen LogP) is 2.11. The van der Waals surface area contributed by atoms with Gasteiger partial charge in [0.1, 0.15) is 11.9 Å². The number of carbonyl (C=O) groups excluding carboxylic acids is 1. The molecule has 0 aromatic carbocycles. The first-order valence-corrected chi connectivity index (χ1v) is 7.85. The summed E-state index contributed by atoms with van der Waals surface area (Å²) < 4.78 is 16.1. The Morgan fingerprint density at radius 1 is 1.35 bits per heavy atom. The minimum Gasteiger partial charge on any atom is -0.496 e. The second-order valence-electron chi connectivity index (χ2n) is 5.45. The summed E-state index contributed by atoms with van der Waals surface area (Å²) in [5.74, 6) is 0.735. The van der Waals surface area contributed by atoms with Crippen molar-refractivity contribution in [1.82, 2.24) is 9.88 Å². The summed E-state index contributed by atoms with van der Waals surface area (Å²) in [5, 5.41) is 0. The van der Waals surface area contributed by atoms with Gasteiger partial charge in [-0.15, -0.1) is 0 Å². The van der Waals surface area contributed by atoms with Crippen molar-refractivity contribution in [2.75, 3.05) is 34.0 Å². The molecule has 6 heteroatoms. The normalized spacial score (nSPS) is 12.1. The molecule has 23 heavy (non-hydrogen) atoms. The molecule has 1 atom stereocenters.